The van der Waals surface area contributed by atoms with Crippen molar-refractivity contribution in [2.24, 2.45) is 0 Å². The van der Waals surface area contributed by atoms with E-state index in [1.54, 1.807) is 13.8 Å². The van der Waals surface area contributed by atoms with Gasteiger partial charge in [-0.25, -0.2) is 0 Å². The van der Waals surface area contributed by atoms with Crippen LogP contribution in [0.5, 0.6) is 0 Å². The van der Waals surface area contributed by atoms with Gasteiger partial charge in [-0.1, -0.05) is 13.8 Å². The molecule has 1 aromatic heterocycles. The Balaban J connectivity index is 3.13. The lowest BCUT2D eigenvalue weighted by atomic mass is 10.2. The highest BCUT2D eigenvalue weighted by atomic mass is 16.6. The van der Waals surface area contributed by atoms with Crippen LogP contribution in [0.1, 0.15) is 31.7 Å². The minimum absolute atomic E-state index is 0.0281. The molecule has 0 radical (unpaired) electrons. The maximum atomic E-state index is 10.9. The van der Waals surface area contributed by atoms with Crippen molar-refractivity contribution < 1.29 is 14.8 Å². The Morgan fingerprint density at radius 3 is 2.53 bits per heavy atom. The van der Waals surface area contributed by atoms with Crippen molar-refractivity contribution in [2.75, 3.05) is 0 Å². The quantitative estimate of drug-likeness (QED) is 0.599. The lowest BCUT2D eigenvalue weighted by Crippen LogP contribution is -2.09. The Labute approximate surface area is 98.2 Å². The second-order valence-electron chi connectivity index (χ2n) is 3.57. The van der Waals surface area contributed by atoms with Crippen LogP contribution in [0.4, 0.5) is 5.69 Å². The van der Waals surface area contributed by atoms with Crippen LogP contribution in [0, 0.1) is 10.1 Å². The number of nitrogens with zero attached hydrogens (tertiary/aromatic N) is 3. The minimum atomic E-state index is -0.941. The van der Waals surface area contributed by atoms with Gasteiger partial charge in [0.15, 0.2) is 0 Å². The van der Waals surface area contributed by atoms with Gasteiger partial charge < -0.3 is 5.11 Å². The third-order valence-corrected chi connectivity index (χ3v) is 2.49. The van der Waals surface area contributed by atoms with E-state index in [4.69, 9.17) is 5.11 Å². The number of aryl methyl sites for hydroxylation is 2. The average molecular weight is 241 g/mol. The summed E-state index contributed by atoms with van der Waals surface area (Å²) < 4.78 is 1.44. The zero-order valence-electron chi connectivity index (χ0n) is 9.84. The lowest BCUT2D eigenvalue weighted by molar-refractivity contribution is -0.386. The molecule has 1 N–H and O–H groups in total. The van der Waals surface area contributed by atoms with Gasteiger partial charge in [0, 0.05) is 0 Å². The zero-order chi connectivity index (χ0) is 13.0. The van der Waals surface area contributed by atoms with Crippen molar-refractivity contribution in [2.45, 2.75) is 39.7 Å². The highest BCUT2D eigenvalue weighted by Crippen LogP contribution is 2.24. The van der Waals surface area contributed by atoms with Gasteiger partial charge in [0.25, 0.3) is 0 Å². The van der Waals surface area contributed by atoms with Crippen molar-refractivity contribution in [3.05, 3.63) is 21.5 Å². The smallest absolute Gasteiger partial charge is 0.313 e. The Kier molecular flexibility index (Phi) is 4.19. The third kappa shape index (κ3) is 2.80. The van der Waals surface area contributed by atoms with Crippen molar-refractivity contribution in [3.8, 4) is 0 Å². The summed E-state index contributed by atoms with van der Waals surface area (Å²) >= 11 is 0. The molecule has 94 valence electrons. The molecule has 1 aromatic rings. The second kappa shape index (κ2) is 5.42. The molecule has 0 atom stereocenters. The van der Waals surface area contributed by atoms with Crippen LogP contribution in [-0.4, -0.2) is 25.8 Å². The van der Waals surface area contributed by atoms with E-state index in [2.05, 4.69) is 5.10 Å². The molecule has 7 heteroatoms. The molecule has 0 aromatic carbocycles. The maximum absolute atomic E-state index is 10.9. The molecule has 0 aliphatic rings. The molecule has 0 aliphatic heterocycles. The van der Waals surface area contributed by atoms with Gasteiger partial charge in [-0.05, 0) is 12.8 Å². The Hall–Kier alpha value is -1.92. The Bertz CT molecular complexity index is 439. The molecule has 0 spiro atoms. The molecule has 0 fully saturated rings. The van der Waals surface area contributed by atoms with E-state index in [0.717, 1.165) is 0 Å². The number of carboxylic acids is 1. The van der Waals surface area contributed by atoms with Crippen LogP contribution in [0.3, 0.4) is 0 Å². The number of rotatable bonds is 6. The molecule has 1 rings (SSSR count). The normalized spacial score (nSPS) is 10.5. The van der Waals surface area contributed by atoms with Crippen molar-refractivity contribution in [3.63, 3.8) is 0 Å². The number of aliphatic carboxylic acids is 1. The molecular formula is C10H15N3O4. The summed E-state index contributed by atoms with van der Waals surface area (Å²) in [5.74, 6) is -0.941. The summed E-state index contributed by atoms with van der Waals surface area (Å²) in [6.45, 7) is 3.75. The highest BCUT2D eigenvalue weighted by molar-refractivity contribution is 5.66. The van der Waals surface area contributed by atoms with Crippen LogP contribution < -0.4 is 0 Å². The predicted molar refractivity (Wildman–Crippen MR) is 59.9 cm³/mol. The molecule has 1 heterocycles. The SMILES string of the molecule is CCc1nn(CCC(=O)O)c(CC)c1[N+](=O)[O-]. The van der Waals surface area contributed by atoms with E-state index in [9.17, 15) is 14.9 Å². The first-order valence-electron chi connectivity index (χ1n) is 5.45. The third-order valence-electron chi connectivity index (χ3n) is 2.49. The highest BCUT2D eigenvalue weighted by Gasteiger charge is 2.25. The molecule has 0 saturated carbocycles. The number of hydrogen-bond acceptors (Lipinski definition) is 4. The topological polar surface area (TPSA) is 98.3 Å². The Morgan fingerprint density at radius 2 is 2.12 bits per heavy atom. The largest absolute Gasteiger partial charge is 0.481 e. The summed E-state index contributed by atoms with van der Waals surface area (Å²) in [6.07, 6.45) is 0.835. The zero-order valence-corrected chi connectivity index (χ0v) is 9.84. The van der Waals surface area contributed by atoms with Gasteiger partial charge >= 0.3 is 11.7 Å². The number of nitro groups is 1. The first kappa shape index (κ1) is 13.1. The minimum Gasteiger partial charge on any atom is -0.481 e. The summed E-state index contributed by atoms with van der Waals surface area (Å²) in [4.78, 5) is 21.0. The van der Waals surface area contributed by atoms with Crippen LogP contribution in [0.15, 0.2) is 0 Å². The molecule has 0 aliphatic carbocycles. The van der Waals surface area contributed by atoms with E-state index < -0.39 is 10.9 Å². The summed E-state index contributed by atoms with van der Waals surface area (Å²) in [7, 11) is 0. The fourth-order valence-corrected chi connectivity index (χ4v) is 1.73. The first-order valence-corrected chi connectivity index (χ1v) is 5.45. The van der Waals surface area contributed by atoms with E-state index >= 15 is 0 Å². The monoisotopic (exact) mass is 241 g/mol. The van der Waals surface area contributed by atoms with E-state index in [-0.39, 0.29) is 18.7 Å². The molecule has 0 bridgehead atoms. The fraction of sp³-hybridized carbons (Fsp3) is 0.600. The standard InChI is InChI=1S/C10H15N3O4/c1-3-7-10(13(16)17)8(4-2)12(11-7)6-5-9(14)15/h3-6H2,1-2H3,(H,14,15). The number of hydrogen-bond donors (Lipinski definition) is 1. The number of carbonyl (C=O) groups is 1. The van der Waals surface area contributed by atoms with E-state index in [0.29, 0.717) is 24.2 Å². The van der Waals surface area contributed by atoms with Crippen LogP contribution >= 0.6 is 0 Å². The molecule has 0 saturated heterocycles. The molecule has 7 nitrogen and oxygen atoms in total. The molecule has 0 amide bonds. The van der Waals surface area contributed by atoms with Gasteiger partial charge in [0.05, 0.1) is 17.9 Å². The summed E-state index contributed by atoms with van der Waals surface area (Å²) in [5.41, 5.74) is 0.936. The van der Waals surface area contributed by atoms with E-state index in [1.807, 2.05) is 0 Å². The Morgan fingerprint density at radius 1 is 1.47 bits per heavy atom. The van der Waals surface area contributed by atoms with E-state index in [1.165, 1.54) is 4.68 Å². The van der Waals surface area contributed by atoms with Gasteiger partial charge in [0.1, 0.15) is 11.4 Å². The maximum Gasteiger partial charge on any atom is 0.313 e. The number of carboxylic acid groups (broad SMARTS) is 1. The average Bonchev–Trinajstić information content (AvgIpc) is 2.63. The molecule has 17 heavy (non-hydrogen) atoms. The predicted octanol–water partition coefficient (Wildman–Crippen LogP) is 1.39. The van der Waals surface area contributed by atoms with Crippen molar-refractivity contribution >= 4 is 11.7 Å². The number of aromatic nitrogens is 2. The molecular weight excluding hydrogens is 226 g/mol. The first-order chi connectivity index (χ1) is 8.01. The van der Waals surface area contributed by atoms with Crippen molar-refractivity contribution in [1.29, 1.82) is 0 Å². The van der Waals surface area contributed by atoms with Gasteiger partial charge in [-0.3, -0.25) is 19.6 Å². The summed E-state index contributed by atoms with van der Waals surface area (Å²) in [6, 6.07) is 0. The van der Waals surface area contributed by atoms with Gasteiger partial charge in [-0.2, -0.15) is 5.10 Å². The molecule has 0 unspecified atom stereocenters. The summed E-state index contributed by atoms with van der Waals surface area (Å²) in [5, 5.41) is 23.7. The fourth-order valence-electron chi connectivity index (χ4n) is 1.73. The van der Waals surface area contributed by atoms with Crippen LogP contribution in [0.2, 0.25) is 0 Å². The van der Waals surface area contributed by atoms with Gasteiger partial charge in [0.2, 0.25) is 0 Å². The second-order valence-corrected chi connectivity index (χ2v) is 3.57. The van der Waals surface area contributed by atoms with Crippen LogP contribution in [-0.2, 0) is 24.2 Å². The van der Waals surface area contributed by atoms with Crippen molar-refractivity contribution in [1.82, 2.24) is 9.78 Å². The van der Waals surface area contributed by atoms with Crippen LogP contribution in [0.25, 0.3) is 0 Å². The van der Waals surface area contributed by atoms with Gasteiger partial charge in [-0.15, -0.1) is 0 Å². The lowest BCUT2D eigenvalue weighted by Gasteiger charge is -2.02.